The number of aliphatic carboxylic acids is 1. The van der Waals surface area contributed by atoms with E-state index in [0.29, 0.717) is 38.3 Å². The summed E-state index contributed by atoms with van der Waals surface area (Å²) in [4.78, 5) is 53.4. The van der Waals surface area contributed by atoms with Crippen molar-refractivity contribution in [3.63, 3.8) is 0 Å². The van der Waals surface area contributed by atoms with Gasteiger partial charge < -0.3 is 14.7 Å². The lowest BCUT2D eigenvalue weighted by atomic mass is 9.76. The topological polar surface area (TPSA) is 137 Å². The third-order valence-corrected chi connectivity index (χ3v) is 7.29. The molecule has 1 fully saturated rings. The molecule has 1 aromatic carbocycles. The molecule has 1 spiro atoms. The van der Waals surface area contributed by atoms with Crippen molar-refractivity contribution in [3.8, 4) is 5.75 Å². The number of fused-ring (bicyclic) bond motifs is 2. The highest BCUT2D eigenvalue weighted by atomic mass is 19.4. The van der Waals surface area contributed by atoms with E-state index < -0.39 is 23.3 Å². The minimum Gasteiger partial charge on any atom is -0.497 e. The number of aromatic nitrogens is 4. The predicted molar refractivity (Wildman–Crippen MR) is 139 cm³/mol. The molecule has 2 aliphatic rings. The number of benzene rings is 1. The molecule has 1 N–H and O–H groups in total. The molecule has 41 heavy (non-hydrogen) atoms. The van der Waals surface area contributed by atoms with Crippen molar-refractivity contribution < 1.29 is 32.6 Å². The highest BCUT2D eigenvalue weighted by Gasteiger charge is 2.45. The average molecular weight is 576 g/mol. The number of ether oxygens (including phenoxy) is 1. The lowest BCUT2D eigenvalue weighted by Crippen LogP contribution is -2.48. The molecule has 1 saturated heterocycles. The van der Waals surface area contributed by atoms with Crippen LogP contribution in [0.25, 0.3) is 0 Å². The summed E-state index contributed by atoms with van der Waals surface area (Å²) in [5, 5.41) is 11.8. The summed E-state index contributed by atoms with van der Waals surface area (Å²) in [6.07, 6.45) is -0.923. The standard InChI is InChI=1S/C25H27N5O4.C2HF3O2/c1-34-20-7-5-18(6-8-20)17-30-23(33)22(32)29-15-11-25(24(29)27-30)9-13-28(14-10-25)21(31)16-19-4-2-3-12-26-19;3-2(4,5)1(6)7/h2-8,12H,9-11,13-17H2,1H3;(H,6,7). The number of likely N-dealkylation sites (tertiary alicyclic amines) is 1. The van der Waals surface area contributed by atoms with E-state index >= 15 is 0 Å². The van der Waals surface area contributed by atoms with Gasteiger partial charge in [0, 0.05) is 36.9 Å². The number of methoxy groups -OCH3 is 1. The summed E-state index contributed by atoms with van der Waals surface area (Å²) < 4.78 is 39.7. The number of carbonyl (C=O) groups excluding carboxylic acids is 1. The lowest BCUT2D eigenvalue weighted by Gasteiger charge is -2.38. The van der Waals surface area contributed by atoms with Crippen LogP contribution in [0.5, 0.6) is 5.75 Å². The molecule has 5 rings (SSSR count). The van der Waals surface area contributed by atoms with Gasteiger partial charge in [-0.05, 0) is 49.1 Å². The molecule has 4 heterocycles. The fourth-order valence-corrected chi connectivity index (χ4v) is 5.01. The van der Waals surface area contributed by atoms with Crippen molar-refractivity contribution in [2.75, 3.05) is 20.2 Å². The first-order valence-electron chi connectivity index (χ1n) is 12.8. The third kappa shape index (κ3) is 6.64. The zero-order valence-corrected chi connectivity index (χ0v) is 22.1. The summed E-state index contributed by atoms with van der Waals surface area (Å²) >= 11 is 0. The predicted octanol–water partition coefficient (Wildman–Crippen LogP) is 2.00. The molecule has 0 atom stereocenters. The fraction of sp³-hybridized carbons (Fsp3) is 0.407. The Balaban J connectivity index is 0.000000493. The minimum atomic E-state index is -5.08. The van der Waals surface area contributed by atoms with Gasteiger partial charge in [-0.2, -0.15) is 18.3 Å². The fourth-order valence-electron chi connectivity index (χ4n) is 5.01. The summed E-state index contributed by atoms with van der Waals surface area (Å²) in [5.41, 5.74) is 0.191. The number of amides is 1. The number of piperidine rings is 1. The molecular weight excluding hydrogens is 547 g/mol. The van der Waals surface area contributed by atoms with Crippen molar-refractivity contribution in [1.82, 2.24) is 24.2 Å². The van der Waals surface area contributed by atoms with Gasteiger partial charge in [0.2, 0.25) is 5.91 Å². The lowest BCUT2D eigenvalue weighted by molar-refractivity contribution is -0.192. The largest absolute Gasteiger partial charge is 0.497 e. The van der Waals surface area contributed by atoms with Gasteiger partial charge in [-0.1, -0.05) is 18.2 Å². The third-order valence-electron chi connectivity index (χ3n) is 7.29. The maximum absolute atomic E-state index is 12.9. The van der Waals surface area contributed by atoms with Crippen molar-refractivity contribution in [2.45, 2.75) is 50.4 Å². The summed E-state index contributed by atoms with van der Waals surface area (Å²) in [6.45, 7) is 1.90. The Morgan fingerprint density at radius 3 is 2.20 bits per heavy atom. The average Bonchev–Trinajstić information content (AvgIpc) is 3.30. The van der Waals surface area contributed by atoms with Gasteiger partial charge in [-0.15, -0.1) is 0 Å². The second kappa shape index (κ2) is 11.9. The number of alkyl halides is 3. The number of nitrogens with zero attached hydrogens (tertiary/aromatic N) is 5. The maximum Gasteiger partial charge on any atom is 0.490 e. The molecule has 218 valence electrons. The molecule has 0 radical (unpaired) electrons. The highest BCUT2D eigenvalue weighted by molar-refractivity contribution is 5.78. The van der Waals surface area contributed by atoms with Crippen LogP contribution in [0.3, 0.4) is 0 Å². The number of halogens is 3. The number of carboxylic acid groups (broad SMARTS) is 1. The molecule has 2 aliphatic heterocycles. The number of carboxylic acids is 1. The van der Waals surface area contributed by atoms with Gasteiger partial charge in [0.25, 0.3) is 0 Å². The zero-order chi connectivity index (χ0) is 29.8. The molecular formula is C27H28F3N5O6. The number of hydrogen-bond donors (Lipinski definition) is 1. The summed E-state index contributed by atoms with van der Waals surface area (Å²) in [6, 6.07) is 12.9. The van der Waals surface area contributed by atoms with E-state index in [-0.39, 0.29) is 24.3 Å². The molecule has 0 bridgehead atoms. The van der Waals surface area contributed by atoms with Gasteiger partial charge in [-0.25, -0.2) is 9.48 Å². The van der Waals surface area contributed by atoms with Crippen LogP contribution in [0.2, 0.25) is 0 Å². The smallest absolute Gasteiger partial charge is 0.490 e. The van der Waals surface area contributed by atoms with Crippen LogP contribution in [-0.2, 0) is 34.5 Å². The van der Waals surface area contributed by atoms with Crippen LogP contribution in [0.4, 0.5) is 13.2 Å². The first-order chi connectivity index (χ1) is 19.4. The van der Waals surface area contributed by atoms with Crippen LogP contribution < -0.4 is 15.9 Å². The van der Waals surface area contributed by atoms with E-state index in [4.69, 9.17) is 14.6 Å². The molecule has 0 unspecified atom stereocenters. The first-order valence-corrected chi connectivity index (χ1v) is 12.8. The Morgan fingerprint density at radius 1 is 1.00 bits per heavy atom. The zero-order valence-electron chi connectivity index (χ0n) is 22.1. The first kappa shape index (κ1) is 29.5. The van der Waals surface area contributed by atoms with Crippen molar-refractivity contribution in [2.24, 2.45) is 0 Å². The Morgan fingerprint density at radius 2 is 1.63 bits per heavy atom. The van der Waals surface area contributed by atoms with Crippen LogP contribution >= 0.6 is 0 Å². The number of hydrogen-bond acceptors (Lipinski definition) is 7. The summed E-state index contributed by atoms with van der Waals surface area (Å²) in [5.74, 6) is -1.31. The monoisotopic (exact) mass is 575 g/mol. The number of rotatable bonds is 5. The van der Waals surface area contributed by atoms with E-state index in [9.17, 15) is 27.6 Å². The minimum absolute atomic E-state index is 0.0568. The quantitative estimate of drug-likeness (QED) is 0.457. The molecule has 0 saturated carbocycles. The number of carbonyl (C=O) groups is 2. The van der Waals surface area contributed by atoms with Gasteiger partial charge in [-0.3, -0.25) is 23.9 Å². The second-order valence-corrected chi connectivity index (χ2v) is 9.80. The SMILES string of the molecule is COc1ccc(Cn2nc3n(c(=O)c2=O)CCC32CCN(C(=O)Cc3ccccn3)CC2)cc1.O=C(O)C(F)(F)F. The molecule has 0 aliphatic carbocycles. The molecule has 11 nitrogen and oxygen atoms in total. The van der Waals surface area contributed by atoms with E-state index in [1.54, 1.807) is 13.3 Å². The molecule has 1 amide bonds. The van der Waals surface area contributed by atoms with E-state index in [1.807, 2.05) is 47.4 Å². The highest BCUT2D eigenvalue weighted by Crippen LogP contribution is 2.41. The Bertz CT molecular complexity index is 1510. The van der Waals surface area contributed by atoms with E-state index in [1.165, 1.54) is 9.25 Å². The van der Waals surface area contributed by atoms with Gasteiger partial charge in [0.05, 0.1) is 20.1 Å². The maximum atomic E-state index is 12.9. The van der Waals surface area contributed by atoms with Crippen molar-refractivity contribution in [1.29, 1.82) is 0 Å². The van der Waals surface area contributed by atoms with Crippen LogP contribution in [-0.4, -0.2) is 67.6 Å². The van der Waals surface area contributed by atoms with Gasteiger partial charge >= 0.3 is 23.3 Å². The van der Waals surface area contributed by atoms with Crippen LogP contribution in [0, 0.1) is 0 Å². The van der Waals surface area contributed by atoms with Crippen LogP contribution in [0.15, 0.2) is 58.3 Å². The van der Waals surface area contributed by atoms with Crippen molar-refractivity contribution >= 4 is 11.9 Å². The van der Waals surface area contributed by atoms with E-state index in [0.717, 1.165) is 23.4 Å². The molecule has 3 aromatic rings. The summed E-state index contributed by atoms with van der Waals surface area (Å²) in [7, 11) is 1.60. The Kier molecular flexibility index (Phi) is 8.59. The molecule has 14 heteroatoms. The second-order valence-electron chi connectivity index (χ2n) is 9.80. The van der Waals surface area contributed by atoms with Crippen molar-refractivity contribution in [3.05, 3.63) is 86.5 Å². The molecule has 2 aromatic heterocycles. The van der Waals surface area contributed by atoms with Gasteiger partial charge in [0.1, 0.15) is 11.6 Å². The van der Waals surface area contributed by atoms with Gasteiger partial charge in [0.15, 0.2) is 0 Å². The van der Waals surface area contributed by atoms with Crippen LogP contribution in [0.1, 0.15) is 36.3 Å². The Hall–Kier alpha value is -4.49. The van der Waals surface area contributed by atoms with E-state index in [2.05, 4.69) is 10.1 Å². The Labute approximate surface area is 231 Å². The number of pyridine rings is 1. The normalized spacial score (nSPS) is 15.6.